The highest BCUT2D eigenvalue weighted by atomic mass is 32.2. The Morgan fingerprint density at radius 1 is 1.50 bits per heavy atom. The van der Waals surface area contributed by atoms with Crippen LogP contribution in [0.3, 0.4) is 0 Å². The zero-order chi connectivity index (χ0) is 8.55. The Morgan fingerprint density at radius 2 is 2.25 bits per heavy atom. The highest BCUT2D eigenvalue weighted by Crippen LogP contribution is 2.37. The number of carboxylic acid groups (broad SMARTS) is 1. The molecule has 0 amide bonds. The van der Waals surface area contributed by atoms with Gasteiger partial charge in [0.15, 0.2) is 0 Å². The van der Waals surface area contributed by atoms with Crippen molar-refractivity contribution in [2.24, 2.45) is 5.92 Å². The van der Waals surface area contributed by atoms with E-state index in [2.05, 4.69) is 5.32 Å². The summed E-state index contributed by atoms with van der Waals surface area (Å²) in [4.78, 5) is 10.6. The molecule has 0 radical (unpaired) electrons. The number of hydrogen-bond donors (Lipinski definition) is 2. The molecular formula is C8H13NO2S. The van der Waals surface area contributed by atoms with Crippen LogP contribution in [0.5, 0.6) is 0 Å². The van der Waals surface area contributed by atoms with Crippen LogP contribution in [-0.4, -0.2) is 28.2 Å². The van der Waals surface area contributed by atoms with E-state index in [0.29, 0.717) is 5.37 Å². The standard InChI is InChI=1S/C8H13NO2S/c10-8(11)6-4-12-7(9-6)5-2-1-3-5/h5-7,9H,1-4H2,(H,10,11). The first-order valence-electron chi connectivity index (χ1n) is 4.38. The van der Waals surface area contributed by atoms with E-state index in [1.54, 1.807) is 11.8 Å². The van der Waals surface area contributed by atoms with E-state index in [1.165, 1.54) is 19.3 Å². The van der Waals surface area contributed by atoms with Crippen LogP contribution in [0.15, 0.2) is 0 Å². The lowest BCUT2D eigenvalue weighted by Gasteiger charge is -2.30. The number of nitrogens with one attached hydrogen (secondary N) is 1. The maximum absolute atomic E-state index is 10.6. The highest BCUT2D eigenvalue weighted by molar-refractivity contribution is 8.00. The number of aliphatic carboxylic acids is 1. The predicted octanol–water partition coefficient (Wildman–Crippen LogP) is 0.902. The summed E-state index contributed by atoms with van der Waals surface area (Å²) in [6.45, 7) is 0. The molecule has 0 aromatic rings. The van der Waals surface area contributed by atoms with Crippen LogP contribution >= 0.6 is 11.8 Å². The maximum Gasteiger partial charge on any atom is 0.321 e. The topological polar surface area (TPSA) is 49.3 Å². The zero-order valence-electron chi connectivity index (χ0n) is 6.82. The van der Waals surface area contributed by atoms with E-state index in [1.807, 2.05) is 0 Å². The summed E-state index contributed by atoms with van der Waals surface area (Å²) in [5, 5.41) is 12.3. The average molecular weight is 187 g/mol. The maximum atomic E-state index is 10.6. The van der Waals surface area contributed by atoms with Crippen molar-refractivity contribution in [2.75, 3.05) is 5.75 Å². The fourth-order valence-electron chi connectivity index (χ4n) is 1.65. The molecule has 1 aliphatic carbocycles. The second kappa shape index (κ2) is 3.26. The van der Waals surface area contributed by atoms with Crippen LogP contribution in [0, 0.1) is 5.92 Å². The number of hydrogen-bond acceptors (Lipinski definition) is 3. The molecule has 1 aliphatic heterocycles. The van der Waals surface area contributed by atoms with Gasteiger partial charge in [0.1, 0.15) is 6.04 Å². The SMILES string of the molecule is O=C(O)C1CSC(C2CCC2)N1. The van der Waals surface area contributed by atoms with Crippen LogP contribution in [0.1, 0.15) is 19.3 Å². The smallest absolute Gasteiger partial charge is 0.321 e. The fourth-order valence-corrected chi connectivity index (χ4v) is 3.10. The van der Waals surface area contributed by atoms with Gasteiger partial charge in [0.2, 0.25) is 0 Å². The lowest BCUT2D eigenvalue weighted by Crippen LogP contribution is -2.41. The fraction of sp³-hybridized carbons (Fsp3) is 0.875. The van der Waals surface area contributed by atoms with Crippen LogP contribution < -0.4 is 5.32 Å². The van der Waals surface area contributed by atoms with Crippen LogP contribution in [0.25, 0.3) is 0 Å². The first kappa shape index (κ1) is 8.38. The Bertz CT molecular complexity index is 193. The molecule has 0 spiro atoms. The molecule has 2 aliphatic rings. The molecule has 1 saturated heterocycles. The Balaban J connectivity index is 1.84. The van der Waals surface area contributed by atoms with Gasteiger partial charge < -0.3 is 5.11 Å². The third kappa shape index (κ3) is 1.45. The van der Waals surface area contributed by atoms with Crippen LogP contribution in [0.4, 0.5) is 0 Å². The van der Waals surface area contributed by atoms with Gasteiger partial charge in [-0.05, 0) is 18.8 Å². The monoisotopic (exact) mass is 187 g/mol. The third-order valence-corrected chi connectivity index (χ3v) is 4.09. The zero-order valence-corrected chi connectivity index (χ0v) is 7.64. The minimum atomic E-state index is -0.704. The molecular weight excluding hydrogens is 174 g/mol. The van der Waals surface area contributed by atoms with E-state index in [9.17, 15) is 4.79 Å². The molecule has 1 heterocycles. The minimum Gasteiger partial charge on any atom is -0.480 e. The first-order chi connectivity index (χ1) is 5.77. The van der Waals surface area contributed by atoms with Crippen molar-refractivity contribution in [3.8, 4) is 0 Å². The van der Waals surface area contributed by atoms with Gasteiger partial charge in [-0.15, -0.1) is 11.8 Å². The molecule has 4 heteroatoms. The summed E-state index contributed by atoms with van der Waals surface area (Å²) in [6.07, 6.45) is 3.87. The summed E-state index contributed by atoms with van der Waals surface area (Å²) >= 11 is 1.77. The Hall–Kier alpha value is -0.220. The average Bonchev–Trinajstić information content (AvgIpc) is 2.32. The summed E-state index contributed by atoms with van der Waals surface area (Å²) < 4.78 is 0. The normalized spacial score (nSPS) is 36.3. The Morgan fingerprint density at radius 3 is 2.67 bits per heavy atom. The van der Waals surface area contributed by atoms with Crippen molar-refractivity contribution < 1.29 is 9.90 Å². The molecule has 2 atom stereocenters. The Labute approximate surface area is 75.9 Å². The lowest BCUT2D eigenvalue weighted by molar-refractivity contribution is -0.138. The third-order valence-electron chi connectivity index (χ3n) is 2.68. The number of thioether (sulfide) groups is 1. The molecule has 2 rings (SSSR count). The van der Waals surface area contributed by atoms with Gasteiger partial charge in [-0.2, -0.15) is 0 Å². The predicted molar refractivity (Wildman–Crippen MR) is 48.1 cm³/mol. The summed E-state index contributed by atoms with van der Waals surface area (Å²) in [5.41, 5.74) is 0. The quantitative estimate of drug-likeness (QED) is 0.674. The Kier molecular flexibility index (Phi) is 2.28. The van der Waals surface area contributed by atoms with Crippen molar-refractivity contribution >= 4 is 17.7 Å². The van der Waals surface area contributed by atoms with Crippen LogP contribution in [0.2, 0.25) is 0 Å². The molecule has 0 aromatic heterocycles. The lowest BCUT2D eigenvalue weighted by atomic mass is 9.85. The summed E-state index contributed by atoms with van der Waals surface area (Å²) in [5.74, 6) is 0.764. The van der Waals surface area contributed by atoms with Gasteiger partial charge in [-0.1, -0.05) is 6.42 Å². The number of carbonyl (C=O) groups is 1. The first-order valence-corrected chi connectivity index (χ1v) is 5.42. The van der Waals surface area contributed by atoms with E-state index >= 15 is 0 Å². The second-order valence-electron chi connectivity index (χ2n) is 3.50. The number of rotatable bonds is 2. The van der Waals surface area contributed by atoms with Gasteiger partial charge >= 0.3 is 5.97 Å². The van der Waals surface area contributed by atoms with Crippen molar-refractivity contribution in [2.45, 2.75) is 30.7 Å². The van der Waals surface area contributed by atoms with Gasteiger partial charge in [-0.3, -0.25) is 10.1 Å². The van der Waals surface area contributed by atoms with E-state index in [4.69, 9.17) is 5.11 Å². The van der Waals surface area contributed by atoms with Crippen LogP contribution in [-0.2, 0) is 4.79 Å². The molecule has 2 unspecified atom stereocenters. The van der Waals surface area contributed by atoms with E-state index in [-0.39, 0.29) is 6.04 Å². The molecule has 68 valence electrons. The highest BCUT2D eigenvalue weighted by Gasteiger charge is 2.36. The van der Waals surface area contributed by atoms with E-state index < -0.39 is 5.97 Å². The van der Waals surface area contributed by atoms with E-state index in [0.717, 1.165) is 11.7 Å². The number of carboxylic acids is 1. The van der Waals surface area contributed by atoms with Crippen molar-refractivity contribution in [3.05, 3.63) is 0 Å². The van der Waals surface area contributed by atoms with Crippen molar-refractivity contribution in [3.63, 3.8) is 0 Å². The summed E-state index contributed by atoms with van der Waals surface area (Å²) in [7, 11) is 0. The molecule has 0 aromatic carbocycles. The molecule has 2 N–H and O–H groups in total. The van der Waals surface area contributed by atoms with Gasteiger partial charge in [0.05, 0.1) is 5.37 Å². The molecule has 0 bridgehead atoms. The van der Waals surface area contributed by atoms with Gasteiger partial charge in [0.25, 0.3) is 0 Å². The molecule has 2 fully saturated rings. The largest absolute Gasteiger partial charge is 0.480 e. The van der Waals surface area contributed by atoms with Crippen molar-refractivity contribution in [1.82, 2.24) is 5.32 Å². The van der Waals surface area contributed by atoms with Crippen molar-refractivity contribution in [1.29, 1.82) is 0 Å². The van der Waals surface area contributed by atoms with Gasteiger partial charge in [-0.25, -0.2) is 0 Å². The molecule has 3 nitrogen and oxygen atoms in total. The molecule has 1 saturated carbocycles. The molecule has 12 heavy (non-hydrogen) atoms. The van der Waals surface area contributed by atoms with Gasteiger partial charge in [0, 0.05) is 5.75 Å². The summed E-state index contributed by atoms with van der Waals surface area (Å²) in [6, 6.07) is -0.305. The minimum absolute atomic E-state index is 0.305. The second-order valence-corrected chi connectivity index (χ2v) is 4.68.